The number of nitrogen functional groups attached to an aromatic ring is 1. The van der Waals surface area contributed by atoms with E-state index in [1.807, 2.05) is 0 Å². The topological polar surface area (TPSA) is 75.8 Å². The first-order valence-corrected chi connectivity index (χ1v) is 5.50. The highest BCUT2D eigenvalue weighted by Crippen LogP contribution is 2.28. The lowest BCUT2D eigenvalue weighted by Gasteiger charge is -2.38. The summed E-state index contributed by atoms with van der Waals surface area (Å²) in [5.74, 6) is 0.544. The van der Waals surface area contributed by atoms with Crippen molar-refractivity contribution in [3.63, 3.8) is 0 Å². The molecule has 5 nitrogen and oxygen atoms in total. The smallest absolute Gasteiger partial charge is 0.259 e. The Morgan fingerprint density at radius 3 is 2.88 bits per heavy atom. The largest absolute Gasteiger partial charge is 0.496 e. The normalized spacial score (nSPS) is 15.5. The van der Waals surface area contributed by atoms with E-state index in [4.69, 9.17) is 15.6 Å². The highest BCUT2D eigenvalue weighted by molar-refractivity contribution is 6.02. The molecule has 0 unspecified atom stereocenters. The molecule has 5 heteroatoms. The van der Waals surface area contributed by atoms with Crippen molar-refractivity contribution in [2.45, 2.75) is 0 Å². The molecular weight excluding hydrogens is 220 g/mol. The maximum absolute atomic E-state index is 12.2. The van der Waals surface area contributed by atoms with Crippen LogP contribution >= 0.6 is 0 Å². The Morgan fingerprint density at radius 1 is 1.59 bits per heavy atom. The Morgan fingerprint density at radius 2 is 2.29 bits per heavy atom. The molecule has 1 aliphatic rings. The molecule has 0 aromatic heterocycles. The second kappa shape index (κ2) is 4.63. The van der Waals surface area contributed by atoms with Crippen LogP contribution in [0.25, 0.3) is 0 Å². The Kier molecular flexibility index (Phi) is 3.19. The predicted octanol–water partition coefficient (Wildman–Crippen LogP) is 0.342. The van der Waals surface area contributed by atoms with Crippen LogP contribution in [0.1, 0.15) is 10.4 Å². The van der Waals surface area contributed by atoms with Gasteiger partial charge in [-0.05, 0) is 12.1 Å². The fourth-order valence-corrected chi connectivity index (χ4v) is 1.96. The number of benzene rings is 1. The van der Waals surface area contributed by atoms with E-state index in [9.17, 15) is 4.79 Å². The van der Waals surface area contributed by atoms with Crippen LogP contribution in [0.2, 0.25) is 0 Å². The molecule has 1 fully saturated rings. The Bertz CT molecular complexity index is 428. The van der Waals surface area contributed by atoms with Gasteiger partial charge in [0.25, 0.3) is 5.91 Å². The molecule has 0 saturated carbocycles. The summed E-state index contributed by atoms with van der Waals surface area (Å²) in [6, 6.07) is 5.14. The van der Waals surface area contributed by atoms with Crippen molar-refractivity contribution in [1.29, 1.82) is 0 Å². The van der Waals surface area contributed by atoms with Gasteiger partial charge in [-0.1, -0.05) is 6.07 Å². The van der Waals surface area contributed by atoms with E-state index in [2.05, 4.69) is 0 Å². The van der Waals surface area contributed by atoms with E-state index in [1.54, 1.807) is 23.1 Å². The number of nitrogens with zero attached hydrogens (tertiary/aromatic N) is 1. The van der Waals surface area contributed by atoms with Gasteiger partial charge in [0.15, 0.2) is 0 Å². The second-order valence-electron chi connectivity index (χ2n) is 4.18. The van der Waals surface area contributed by atoms with Gasteiger partial charge in [0.1, 0.15) is 11.3 Å². The summed E-state index contributed by atoms with van der Waals surface area (Å²) in [5.41, 5.74) is 6.63. The zero-order valence-corrected chi connectivity index (χ0v) is 9.72. The molecule has 0 spiro atoms. The second-order valence-corrected chi connectivity index (χ2v) is 4.18. The molecule has 0 bridgehead atoms. The molecule has 1 amide bonds. The van der Waals surface area contributed by atoms with Gasteiger partial charge in [-0.2, -0.15) is 0 Å². The van der Waals surface area contributed by atoms with Crippen molar-refractivity contribution in [2.24, 2.45) is 5.92 Å². The summed E-state index contributed by atoms with van der Waals surface area (Å²) >= 11 is 0. The molecule has 17 heavy (non-hydrogen) atoms. The Hall–Kier alpha value is -1.75. The van der Waals surface area contributed by atoms with Crippen LogP contribution < -0.4 is 10.5 Å². The van der Waals surface area contributed by atoms with Crippen molar-refractivity contribution >= 4 is 11.6 Å². The average molecular weight is 236 g/mol. The standard InChI is InChI=1S/C12H16N2O3/c1-17-10-4-2-3-9(13)11(10)12(16)14-5-8(6-14)7-15/h2-4,8,15H,5-7,13H2,1H3. The van der Waals surface area contributed by atoms with Gasteiger partial charge in [-0.15, -0.1) is 0 Å². The fourth-order valence-electron chi connectivity index (χ4n) is 1.96. The molecule has 0 atom stereocenters. The number of aliphatic hydroxyl groups is 1. The van der Waals surface area contributed by atoms with E-state index in [0.717, 1.165) is 0 Å². The third kappa shape index (κ3) is 2.06. The predicted molar refractivity (Wildman–Crippen MR) is 63.9 cm³/mol. The molecule has 3 N–H and O–H groups in total. The highest BCUT2D eigenvalue weighted by atomic mass is 16.5. The summed E-state index contributed by atoms with van der Waals surface area (Å²) in [6.07, 6.45) is 0. The number of carbonyl (C=O) groups is 1. The number of likely N-dealkylation sites (tertiary alicyclic amines) is 1. The van der Waals surface area contributed by atoms with Crippen LogP contribution in [0, 0.1) is 5.92 Å². The molecule has 2 rings (SSSR count). The fraction of sp³-hybridized carbons (Fsp3) is 0.417. The lowest BCUT2D eigenvalue weighted by Crippen LogP contribution is -2.51. The number of carbonyl (C=O) groups excluding carboxylic acids is 1. The quantitative estimate of drug-likeness (QED) is 0.742. The molecule has 1 aromatic rings. The molecule has 1 aliphatic heterocycles. The molecule has 1 heterocycles. The minimum Gasteiger partial charge on any atom is -0.496 e. The summed E-state index contributed by atoms with van der Waals surface area (Å²) in [7, 11) is 1.51. The average Bonchev–Trinajstić information content (AvgIpc) is 2.26. The van der Waals surface area contributed by atoms with Gasteiger partial charge in [-0.3, -0.25) is 4.79 Å². The van der Waals surface area contributed by atoms with Crippen LogP contribution in [0.3, 0.4) is 0 Å². The summed E-state index contributed by atoms with van der Waals surface area (Å²) < 4.78 is 5.14. The first-order valence-electron chi connectivity index (χ1n) is 5.50. The number of hydrogen-bond donors (Lipinski definition) is 2. The lowest BCUT2D eigenvalue weighted by atomic mass is 9.99. The lowest BCUT2D eigenvalue weighted by molar-refractivity contribution is 0.0360. The van der Waals surface area contributed by atoms with E-state index >= 15 is 0 Å². The van der Waals surface area contributed by atoms with Gasteiger partial charge in [0.05, 0.1) is 7.11 Å². The summed E-state index contributed by atoms with van der Waals surface area (Å²) in [4.78, 5) is 13.8. The summed E-state index contributed by atoms with van der Waals surface area (Å²) in [5, 5.41) is 8.92. The first-order chi connectivity index (χ1) is 8.17. The Balaban J connectivity index is 2.20. The number of anilines is 1. The third-order valence-corrected chi connectivity index (χ3v) is 2.99. The molecule has 1 aromatic carbocycles. The maximum Gasteiger partial charge on any atom is 0.259 e. The van der Waals surface area contributed by atoms with E-state index < -0.39 is 0 Å². The third-order valence-electron chi connectivity index (χ3n) is 2.99. The minimum absolute atomic E-state index is 0.116. The zero-order valence-electron chi connectivity index (χ0n) is 9.72. The van der Waals surface area contributed by atoms with Crippen LogP contribution in [0.15, 0.2) is 18.2 Å². The maximum atomic E-state index is 12.2. The molecular formula is C12H16N2O3. The number of amides is 1. The van der Waals surface area contributed by atoms with Crippen LogP contribution in [-0.2, 0) is 0 Å². The van der Waals surface area contributed by atoms with Gasteiger partial charge in [0.2, 0.25) is 0 Å². The van der Waals surface area contributed by atoms with Crippen LogP contribution in [0.4, 0.5) is 5.69 Å². The minimum atomic E-state index is -0.135. The zero-order chi connectivity index (χ0) is 12.4. The number of methoxy groups -OCH3 is 1. The number of rotatable bonds is 3. The van der Waals surface area contributed by atoms with Crippen molar-refractivity contribution < 1.29 is 14.6 Å². The van der Waals surface area contributed by atoms with Gasteiger partial charge in [-0.25, -0.2) is 0 Å². The first kappa shape index (κ1) is 11.7. The highest BCUT2D eigenvalue weighted by Gasteiger charge is 2.32. The number of ether oxygens (including phenoxy) is 1. The summed E-state index contributed by atoms with van der Waals surface area (Å²) in [6.45, 7) is 1.27. The van der Waals surface area contributed by atoms with Crippen molar-refractivity contribution in [3.8, 4) is 5.75 Å². The number of aliphatic hydroxyl groups excluding tert-OH is 1. The van der Waals surface area contributed by atoms with Crippen LogP contribution in [0.5, 0.6) is 5.75 Å². The van der Waals surface area contributed by atoms with Gasteiger partial charge in [0, 0.05) is 31.3 Å². The molecule has 1 saturated heterocycles. The monoisotopic (exact) mass is 236 g/mol. The molecule has 0 aliphatic carbocycles. The SMILES string of the molecule is COc1cccc(N)c1C(=O)N1CC(CO)C1. The van der Waals surface area contributed by atoms with E-state index in [1.165, 1.54) is 7.11 Å². The van der Waals surface area contributed by atoms with Crippen molar-refractivity contribution in [3.05, 3.63) is 23.8 Å². The number of hydrogen-bond acceptors (Lipinski definition) is 4. The number of nitrogens with two attached hydrogens (primary N) is 1. The van der Waals surface area contributed by atoms with Gasteiger partial charge >= 0.3 is 0 Å². The molecule has 92 valence electrons. The van der Waals surface area contributed by atoms with Crippen LogP contribution in [-0.4, -0.2) is 42.7 Å². The van der Waals surface area contributed by atoms with Crippen molar-refractivity contribution in [1.82, 2.24) is 4.90 Å². The van der Waals surface area contributed by atoms with Crippen molar-refractivity contribution in [2.75, 3.05) is 32.5 Å². The molecule has 0 radical (unpaired) electrons. The van der Waals surface area contributed by atoms with E-state index in [0.29, 0.717) is 30.1 Å². The van der Waals surface area contributed by atoms with Gasteiger partial charge < -0.3 is 20.5 Å². The van der Waals surface area contributed by atoms with E-state index in [-0.39, 0.29) is 18.4 Å². The Labute approximate surface area is 99.8 Å².